The van der Waals surface area contributed by atoms with Crippen LogP contribution in [0.25, 0.3) is 11.1 Å². The molecule has 27 heavy (non-hydrogen) atoms. The van der Waals surface area contributed by atoms with Gasteiger partial charge in [0.25, 0.3) is 0 Å². The Labute approximate surface area is 157 Å². The summed E-state index contributed by atoms with van der Waals surface area (Å²) in [5, 5.41) is 0. The van der Waals surface area contributed by atoms with Crippen LogP contribution in [0, 0.1) is 36.2 Å². The molecule has 0 unspecified atom stereocenters. The summed E-state index contributed by atoms with van der Waals surface area (Å²) in [6, 6.07) is 14.1. The van der Waals surface area contributed by atoms with Crippen molar-refractivity contribution < 1.29 is 13.2 Å². The van der Waals surface area contributed by atoms with E-state index in [9.17, 15) is 13.2 Å². The zero-order valence-electron chi connectivity index (χ0n) is 15.2. The molecule has 0 aromatic heterocycles. The van der Waals surface area contributed by atoms with E-state index in [2.05, 4.69) is 24.8 Å². The van der Waals surface area contributed by atoms with Gasteiger partial charge in [0.2, 0.25) is 0 Å². The first-order chi connectivity index (χ1) is 13.0. The second kappa shape index (κ2) is 8.14. The van der Waals surface area contributed by atoms with Crippen molar-refractivity contribution in [1.82, 2.24) is 0 Å². The van der Waals surface area contributed by atoms with Crippen LogP contribution < -0.4 is 0 Å². The molecule has 3 rings (SSSR count). The van der Waals surface area contributed by atoms with Gasteiger partial charge in [-0.05, 0) is 65.9 Å². The van der Waals surface area contributed by atoms with Crippen LogP contribution in [0.4, 0.5) is 13.2 Å². The largest absolute Gasteiger partial charge is 0.206 e. The van der Waals surface area contributed by atoms with Crippen molar-refractivity contribution in [1.29, 1.82) is 0 Å². The van der Waals surface area contributed by atoms with Gasteiger partial charge in [0.1, 0.15) is 5.82 Å². The SMILES string of the molecule is CCCc1ccc(C#Cc2ccc(-c3ccc(F)c(F)c3)cc2F)c(C)c1. The van der Waals surface area contributed by atoms with Gasteiger partial charge in [-0.25, -0.2) is 13.2 Å². The fourth-order valence-electron chi connectivity index (χ4n) is 2.92. The average molecular weight is 364 g/mol. The van der Waals surface area contributed by atoms with E-state index in [-0.39, 0.29) is 5.56 Å². The highest BCUT2D eigenvalue weighted by Gasteiger charge is 2.07. The van der Waals surface area contributed by atoms with Crippen LogP contribution in [-0.2, 0) is 6.42 Å². The van der Waals surface area contributed by atoms with E-state index in [1.807, 2.05) is 19.1 Å². The van der Waals surface area contributed by atoms with Crippen LogP contribution in [0.3, 0.4) is 0 Å². The molecule has 0 N–H and O–H groups in total. The van der Waals surface area contributed by atoms with Crippen molar-refractivity contribution in [3.63, 3.8) is 0 Å². The third kappa shape index (κ3) is 4.41. The van der Waals surface area contributed by atoms with Gasteiger partial charge in [-0.2, -0.15) is 0 Å². The minimum absolute atomic E-state index is 0.262. The average Bonchev–Trinajstić information content (AvgIpc) is 2.64. The number of hydrogen-bond donors (Lipinski definition) is 0. The first-order valence-corrected chi connectivity index (χ1v) is 8.84. The summed E-state index contributed by atoms with van der Waals surface area (Å²) in [7, 11) is 0. The van der Waals surface area contributed by atoms with Crippen LogP contribution >= 0.6 is 0 Å². The Morgan fingerprint density at radius 3 is 1.96 bits per heavy atom. The summed E-state index contributed by atoms with van der Waals surface area (Å²) in [5.41, 5.74) is 4.33. The molecule has 0 heterocycles. The van der Waals surface area contributed by atoms with E-state index in [4.69, 9.17) is 0 Å². The van der Waals surface area contributed by atoms with E-state index >= 15 is 0 Å². The lowest BCUT2D eigenvalue weighted by Gasteiger charge is -2.04. The maximum Gasteiger partial charge on any atom is 0.159 e. The number of hydrogen-bond acceptors (Lipinski definition) is 0. The summed E-state index contributed by atoms with van der Waals surface area (Å²) < 4.78 is 40.8. The predicted molar refractivity (Wildman–Crippen MR) is 103 cm³/mol. The number of aryl methyl sites for hydroxylation is 2. The van der Waals surface area contributed by atoms with Gasteiger partial charge in [0.05, 0.1) is 5.56 Å². The van der Waals surface area contributed by atoms with Crippen LogP contribution in [0.2, 0.25) is 0 Å². The standard InChI is InChI=1S/C24H19F3/c1-3-4-17-5-6-18(16(2)13-17)7-8-19-9-10-20(14-23(19)26)21-11-12-22(25)24(27)15-21/h5-6,9-15H,3-4H2,1-2H3. The normalized spacial score (nSPS) is 10.4. The third-order valence-electron chi connectivity index (χ3n) is 4.38. The Hall–Kier alpha value is -2.99. The number of rotatable bonds is 3. The molecule has 3 aromatic carbocycles. The molecule has 0 aliphatic carbocycles. The second-order valence-corrected chi connectivity index (χ2v) is 6.47. The lowest BCUT2D eigenvalue weighted by molar-refractivity contribution is 0.509. The van der Waals surface area contributed by atoms with Crippen molar-refractivity contribution in [2.24, 2.45) is 0 Å². The number of halogens is 3. The lowest BCUT2D eigenvalue weighted by atomic mass is 10.0. The molecular formula is C24H19F3. The highest BCUT2D eigenvalue weighted by molar-refractivity contribution is 5.65. The highest BCUT2D eigenvalue weighted by Crippen LogP contribution is 2.23. The molecule has 0 bridgehead atoms. The molecule has 0 atom stereocenters. The predicted octanol–water partition coefficient (Wildman–Crippen LogP) is 6.43. The number of benzene rings is 3. The fraction of sp³-hybridized carbons (Fsp3) is 0.167. The van der Waals surface area contributed by atoms with Crippen LogP contribution in [0.15, 0.2) is 54.6 Å². The molecule has 0 aliphatic heterocycles. The van der Waals surface area contributed by atoms with Crippen molar-refractivity contribution in [2.75, 3.05) is 0 Å². The Morgan fingerprint density at radius 2 is 1.33 bits per heavy atom. The van der Waals surface area contributed by atoms with E-state index in [1.165, 1.54) is 17.7 Å². The Kier molecular flexibility index (Phi) is 5.66. The molecule has 0 radical (unpaired) electrons. The molecule has 0 aliphatic rings. The molecule has 0 saturated carbocycles. The van der Waals surface area contributed by atoms with Crippen molar-refractivity contribution in [2.45, 2.75) is 26.7 Å². The van der Waals surface area contributed by atoms with E-state index in [0.717, 1.165) is 36.1 Å². The second-order valence-electron chi connectivity index (χ2n) is 6.47. The molecule has 136 valence electrons. The topological polar surface area (TPSA) is 0 Å². The zero-order valence-corrected chi connectivity index (χ0v) is 15.2. The summed E-state index contributed by atoms with van der Waals surface area (Å²) in [4.78, 5) is 0. The Balaban J connectivity index is 1.87. The molecule has 3 aromatic rings. The molecule has 0 nitrogen and oxygen atoms in total. The third-order valence-corrected chi connectivity index (χ3v) is 4.38. The highest BCUT2D eigenvalue weighted by atomic mass is 19.2. The van der Waals surface area contributed by atoms with Crippen LogP contribution in [0.1, 0.15) is 35.6 Å². The molecule has 0 amide bonds. The van der Waals surface area contributed by atoms with Gasteiger partial charge >= 0.3 is 0 Å². The quantitative estimate of drug-likeness (QED) is 0.470. The summed E-state index contributed by atoms with van der Waals surface area (Å²) in [6.45, 7) is 4.13. The van der Waals surface area contributed by atoms with Crippen LogP contribution in [-0.4, -0.2) is 0 Å². The molecule has 0 fully saturated rings. The summed E-state index contributed by atoms with van der Waals surface area (Å²) in [6.07, 6.45) is 2.11. The minimum Gasteiger partial charge on any atom is -0.206 e. The summed E-state index contributed by atoms with van der Waals surface area (Å²) in [5.74, 6) is 3.49. The van der Waals surface area contributed by atoms with Gasteiger partial charge in [-0.1, -0.05) is 49.5 Å². The van der Waals surface area contributed by atoms with Gasteiger partial charge in [0.15, 0.2) is 11.6 Å². The van der Waals surface area contributed by atoms with Gasteiger partial charge in [0, 0.05) is 5.56 Å². The Morgan fingerprint density at radius 1 is 0.704 bits per heavy atom. The smallest absolute Gasteiger partial charge is 0.159 e. The van der Waals surface area contributed by atoms with Gasteiger partial charge in [-0.3, -0.25) is 0 Å². The van der Waals surface area contributed by atoms with Crippen molar-refractivity contribution in [3.05, 3.63) is 94.3 Å². The van der Waals surface area contributed by atoms with E-state index in [0.29, 0.717) is 11.1 Å². The first-order valence-electron chi connectivity index (χ1n) is 8.84. The fourth-order valence-corrected chi connectivity index (χ4v) is 2.92. The molecule has 0 saturated heterocycles. The first kappa shape index (κ1) is 18.8. The summed E-state index contributed by atoms with van der Waals surface area (Å²) >= 11 is 0. The Bertz CT molecular complexity index is 1040. The molecular weight excluding hydrogens is 345 g/mol. The monoisotopic (exact) mass is 364 g/mol. The maximum atomic E-state index is 14.4. The minimum atomic E-state index is -0.959. The molecule has 3 heteroatoms. The lowest BCUT2D eigenvalue weighted by Crippen LogP contribution is -1.90. The van der Waals surface area contributed by atoms with Crippen LogP contribution in [0.5, 0.6) is 0 Å². The van der Waals surface area contributed by atoms with Gasteiger partial charge in [-0.15, -0.1) is 0 Å². The van der Waals surface area contributed by atoms with Crippen molar-refractivity contribution in [3.8, 4) is 23.0 Å². The van der Waals surface area contributed by atoms with E-state index < -0.39 is 17.5 Å². The zero-order chi connectivity index (χ0) is 19.4. The van der Waals surface area contributed by atoms with Gasteiger partial charge < -0.3 is 0 Å². The van der Waals surface area contributed by atoms with Crippen molar-refractivity contribution >= 4 is 0 Å². The van der Waals surface area contributed by atoms with E-state index in [1.54, 1.807) is 12.1 Å². The maximum absolute atomic E-state index is 14.4. The molecule has 0 spiro atoms.